The Morgan fingerprint density at radius 1 is 1.27 bits per heavy atom. The lowest BCUT2D eigenvalue weighted by atomic mass is 10.1. The lowest BCUT2D eigenvalue weighted by Crippen LogP contribution is -2.14. The number of carbonyl (C=O) groups is 1. The van der Waals surface area contributed by atoms with Crippen LogP contribution in [0.4, 0.5) is 10.1 Å². The molecule has 136 valence electrons. The van der Waals surface area contributed by atoms with Crippen LogP contribution in [0.15, 0.2) is 42.5 Å². The highest BCUT2D eigenvalue weighted by Crippen LogP contribution is 2.30. The number of ether oxygens (including phenoxy) is 3. The summed E-state index contributed by atoms with van der Waals surface area (Å²) in [6, 6.07) is 10.4. The van der Waals surface area contributed by atoms with Gasteiger partial charge in [-0.3, -0.25) is 0 Å². The molecule has 0 atom stereocenters. The molecule has 0 saturated carbocycles. The van der Waals surface area contributed by atoms with Gasteiger partial charge in [-0.2, -0.15) is 0 Å². The Hall–Kier alpha value is -2.86. The van der Waals surface area contributed by atoms with Crippen LogP contribution in [0.3, 0.4) is 0 Å². The summed E-state index contributed by atoms with van der Waals surface area (Å²) >= 11 is 0. The summed E-state index contributed by atoms with van der Waals surface area (Å²) in [6.45, 7) is 0.308. The number of anilines is 1. The van der Waals surface area contributed by atoms with E-state index in [4.69, 9.17) is 14.2 Å². The number of carbonyl (C=O) groups excluding carboxylic acids is 1. The van der Waals surface area contributed by atoms with Gasteiger partial charge in [0.25, 0.3) is 0 Å². The number of fused-ring (bicyclic) bond motifs is 1. The van der Waals surface area contributed by atoms with Crippen molar-refractivity contribution in [1.29, 1.82) is 0 Å². The highest BCUT2D eigenvalue weighted by atomic mass is 19.1. The summed E-state index contributed by atoms with van der Waals surface area (Å²) in [4.78, 5) is 13.9. The summed E-state index contributed by atoms with van der Waals surface area (Å²) in [5.41, 5.74) is 3.06. The zero-order valence-corrected chi connectivity index (χ0v) is 14.7. The minimum absolute atomic E-state index is 0.0666. The van der Waals surface area contributed by atoms with Gasteiger partial charge in [-0.05, 0) is 35.9 Å². The third kappa shape index (κ3) is 4.40. The molecule has 2 aromatic rings. The molecule has 0 spiro atoms. The van der Waals surface area contributed by atoms with E-state index < -0.39 is 11.8 Å². The monoisotopic (exact) mass is 357 g/mol. The Morgan fingerprint density at radius 3 is 2.77 bits per heavy atom. The fourth-order valence-corrected chi connectivity index (χ4v) is 2.61. The van der Waals surface area contributed by atoms with Gasteiger partial charge in [0.15, 0.2) is 6.79 Å². The highest BCUT2D eigenvalue weighted by molar-refractivity contribution is 5.87. The lowest BCUT2D eigenvalue weighted by molar-refractivity contribution is -0.139. The first kappa shape index (κ1) is 17.9. The van der Waals surface area contributed by atoms with E-state index >= 15 is 0 Å². The second-order valence-corrected chi connectivity index (χ2v) is 6.09. The van der Waals surface area contributed by atoms with E-state index in [1.807, 2.05) is 43.3 Å². The normalized spacial score (nSPS) is 13.2. The highest BCUT2D eigenvalue weighted by Gasteiger charge is 2.17. The van der Waals surface area contributed by atoms with Gasteiger partial charge >= 0.3 is 5.97 Å². The maximum atomic E-state index is 13.7. The fourth-order valence-electron chi connectivity index (χ4n) is 2.61. The average molecular weight is 357 g/mol. The summed E-state index contributed by atoms with van der Waals surface area (Å²) in [5.74, 6) is -0.402. The van der Waals surface area contributed by atoms with Crippen molar-refractivity contribution in [2.24, 2.45) is 0 Å². The van der Waals surface area contributed by atoms with Crippen molar-refractivity contribution >= 4 is 17.7 Å². The topological polar surface area (TPSA) is 48.0 Å². The number of rotatable bonds is 5. The zero-order valence-electron chi connectivity index (χ0n) is 14.7. The van der Waals surface area contributed by atoms with Crippen LogP contribution in [0, 0.1) is 5.82 Å². The van der Waals surface area contributed by atoms with Crippen molar-refractivity contribution in [3.8, 4) is 5.75 Å². The van der Waals surface area contributed by atoms with Crippen molar-refractivity contribution < 1.29 is 23.4 Å². The van der Waals surface area contributed by atoms with Crippen LogP contribution in [0.2, 0.25) is 0 Å². The second-order valence-electron chi connectivity index (χ2n) is 6.09. The molecule has 0 bridgehead atoms. The summed E-state index contributed by atoms with van der Waals surface area (Å²) < 4.78 is 29.4. The summed E-state index contributed by atoms with van der Waals surface area (Å²) in [7, 11) is 3.92. The molecule has 0 saturated heterocycles. The van der Waals surface area contributed by atoms with Gasteiger partial charge in [0.05, 0.1) is 6.61 Å². The minimum Gasteiger partial charge on any atom is -0.467 e. The van der Waals surface area contributed by atoms with E-state index in [0.717, 1.165) is 11.3 Å². The van der Waals surface area contributed by atoms with Crippen molar-refractivity contribution in [2.45, 2.75) is 13.2 Å². The SMILES string of the molecule is CN(C)c1ccc(/C=C/C(=O)OCc2cc(F)cc3c2OCOC3)cc1. The Balaban J connectivity index is 1.61. The molecule has 0 amide bonds. The van der Waals surface area contributed by atoms with Crippen molar-refractivity contribution in [1.82, 2.24) is 0 Å². The lowest BCUT2D eigenvalue weighted by Gasteiger charge is -2.20. The molecule has 2 aromatic carbocycles. The first-order chi connectivity index (χ1) is 12.5. The van der Waals surface area contributed by atoms with Gasteiger partial charge in [-0.25, -0.2) is 9.18 Å². The van der Waals surface area contributed by atoms with E-state index in [2.05, 4.69) is 0 Å². The molecular weight excluding hydrogens is 337 g/mol. The zero-order chi connectivity index (χ0) is 18.5. The fraction of sp³-hybridized carbons (Fsp3) is 0.250. The number of hydrogen-bond acceptors (Lipinski definition) is 5. The predicted molar refractivity (Wildman–Crippen MR) is 96.3 cm³/mol. The van der Waals surface area contributed by atoms with Crippen LogP contribution in [0.5, 0.6) is 5.75 Å². The van der Waals surface area contributed by atoms with Crippen LogP contribution in [0.1, 0.15) is 16.7 Å². The van der Waals surface area contributed by atoms with Crippen LogP contribution >= 0.6 is 0 Å². The third-order valence-corrected chi connectivity index (χ3v) is 3.94. The molecule has 6 heteroatoms. The van der Waals surface area contributed by atoms with E-state index in [9.17, 15) is 9.18 Å². The predicted octanol–water partition coefficient (Wildman–Crippen LogP) is 3.51. The summed E-state index contributed by atoms with van der Waals surface area (Å²) in [6.07, 6.45) is 3.02. The standard InChI is InChI=1S/C20H20FNO4/c1-22(2)18-6-3-14(4-7-18)5-8-19(23)25-12-16-10-17(21)9-15-11-24-13-26-20(15)16/h3-10H,11-13H2,1-2H3/b8-5+. The molecular formula is C20H20FNO4. The van der Waals surface area contributed by atoms with Crippen LogP contribution < -0.4 is 9.64 Å². The smallest absolute Gasteiger partial charge is 0.331 e. The van der Waals surface area contributed by atoms with Crippen molar-refractivity contribution in [3.63, 3.8) is 0 Å². The van der Waals surface area contributed by atoms with E-state index in [0.29, 0.717) is 16.9 Å². The molecule has 0 aromatic heterocycles. The van der Waals surface area contributed by atoms with Gasteiger partial charge in [0.2, 0.25) is 0 Å². The van der Waals surface area contributed by atoms with Crippen LogP contribution in [0.25, 0.3) is 6.08 Å². The molecule has 0 aliphatic carbocycles. The van der Waals surface area contributed by atoms with Crippen molar-refractivity contribution in [2.75, 3.05) is 25.8 Å². The number of hydrogen-bond donors (Lipinski definition) is 0. The van der Waals surface area contributed by atoms with Crippen LogP contribution in [-0.4, -0.2) is 26.9 Å². The Labute approximate surface area is 151 Å². The maximum Gasteiger partial charge on any atom is 0.331 e. The molecule has 3 rings (SSSR count). The first-order valence-electron chi connectivity index (χ1n) is 8.17. The van der Waals surface area contributed by atoms with Crippen LogP contribution in [-0.2, 0) is 27.5 Å². The molecule has 0 N–H and O–H groups in total. The molecule has 26 heavy (non-hydrogen) atoms. The Kier molecular flexibility index (Phi) is 5.53. The number of nitrogens with zero attached hydrogens (tertiary/aromatic N) is 1. The molecule has 0 radical (unpaired) electrons. The van der Waals surface area contributed by atoms with E-state index in [1.165, 1.54) is 18.2 Å². The van der Waals surface area contributed by atoms with Gasteiger partial charge < -0.3 is 19.1 Å². The van der Waals surface area contributed by atoms with Gasteiger partial charge in [-0.1, -0.05) is 12.1 Å². The Bertz CT molecular complexity index is 815. The van der Waals surface area contributed by atoms with Crippen molar-refractivity contribution in [3.05, 3.63) is 65.0 Å². The third-order valence-electron chi connectivity index (χ3n) is 3.94. The molecule has 5 nitrogen and oxygen atoms in total. The largest absolute Gasteiger partial charge is 0.467 e. The molecule has 0 fully saturated rings. The molecule has 0 unspecified atom stereocenters. The second kappa shape index (κ2) is 8.01. The van der Waals surface area contributed by atoms with Gasteiger partial charge in [0.1, 0.15) is 18.2 Å². The number of esters is 1. The number of halogens is 1. The first-order valence-corrected chi connectivity index (χ1v) is 8.17. The summed E-state index contributed by atoms with van der Waals surface area (Å²) in [5, 5.41) is 0. The van der Waals surface area contributed by atoms with Gasteiger partial charge in [0, 0.05) is 37.0 Å². The Morgan fingerprint density at radius 2 is 2.04 bits per heavy atom. The maximum absolute atomic E-state index is 13.7. The minimum atomic E-state index is -0.508. The molecule has 1 aliphatic rings. The van der Waals surface area contributed by atoms with E-state index in [1.54, 1.807) is 6.08 Å². The molecule has 1 heterocycles. The van der Waals surface area contributed by atoms with Gasteiger partial charge in [-0.15, -0.1) is 0 Å². The number of benzene rings is 2. The molecule has 1 aliphatic heterocycles. The quantitative estimate of drug-likeness (QED) is 0.605. The van der Waals surface area contributed by atoms with E-state index in [-0.39, 0.29) is 20.0 Å². The average Bonchev–Trinajstić information content (AvgIpc) is 2.64.